The van der Waals surface area contributed by atoms with Crippen molar-refractivity contribution >= 4 is 23.4 Å². The van der Waals surface area contributed by atoms with Gasteiger partial charge in [0.05, 0.1) is 19.3 Å². The Balaban J connectivity index is 3.24. The summed E-state index contributed by atoms with van der Waals surface area (Å²) < 4.78 is 15.2. The highest BCUT2D eigenvalue weighted by Crippen LogP contribution is 2.25. The molecule has 0 unspecified atom stereocenters. The molecule has 1 aromatic heterocycles. The molecule has 0 aliphatic carbocycles. The minimum Gasteiger partial charge on any atom is -0.481 e. The Morgan fingerprint density at radius 2 is 1.90 bits per heavy atom. The summed E-state index contributed by atoms with van der Waals surface area (Å²) in [5, 5.41) is 0.0404. The molecule has 7 heteroatoms. The van der Waals surface area contributed by atoms with E-state index in [1.807, 2.05) is 0 Å². The summed E-state index contributed by atoms with van der Waals surface area (Å²) in [5.74, 6) is -1.65. The van der Waals surface area contributed by atoms with Crippen LogP contribution in [0.25, 0.3) is 0 Å². The van der Waals surface area contributed by atoms with E-state index in [0.29, 0.717) is 5.56 Å². The minimum absolute atomic E-state index is 0.0404. The van der Waals surface area contributed by atoms with Crippen molar-refractivity contribution in [1.29, 1.82) is 0 Å². The Labute approximate surface area is 128 Å². The third-order valence-corrected chi connectivity index (χ3v) is 2.56. The van der Waals surface area contributed by atoms with Crippen molar-refractivity contribution in [3.63, 3.8) is 0 Å². The molecule has 1 heterocycles. The van der Waals surface area contributed by atoms with Gasteiger partial charge in [0, 0.05) is 12.7 Å². The maximum Gasteiger partial charge on any atom is 0.380 e. The number of esters is 1. The van der Waals surface area contributed by atoms with Crippen LogP contribution in [0.5, 0.6) is 5.88 Å². The number of ether oxygens (including phenoxy) is 3. The van der Waals surface area contributed by atoms with E-state index in [0.717, 1.165) is 0 Å². The fraction of sp³-hybridized carbons (Fsp3) is 0.500. The van der Waals surface area contributed by atoms with Crippen LogP contribution in [-0.2, 0) is 20.9 Å². The van der Waals surface area contributed by atoms with Crippen LogP contribution in [-0.4, -0.2) is 36.6 Å². The lowest BCUT2D eigenvalue weighted by atomic mass is 10.1. The number of aromatic nitrogens is 1. The van der Waals surface area contributed by atoms with Gasteiger partial charge in [-0.25, -0.2) is 9.78 Å². The van der Waals surface area contributed by atoms with E-state index in [4.69, 9.17) is 25.8 Å². The third kappa shape index (κ3) is 4.68. The second kappa shape index (κ2) is 6.87. The number of carbonyl (C=O) groups is 2. The van der Waals surface area contributed by atoms with Gasteiger partial charge in [-0.05, 0) is 26.8 Å². The predicted octanol–water partition coefficient (Wildman–Crippen LogP) is 2.41. The van der Waals surface area contributed by atoms with E-state index < -0.39 is 17.4 Å². The van der Waals surface area contributed by atoms with Crippen LogP contribution in [0.4, 0.5) is 0 Å². The second-order valence-electron chi connectivity index (χ2n) is 5.24. The molecule has 0 aliphatic heterocycles. The van der Waals surface area contributed by atoms with Crippen LogP contribution < -0.4 is 4.74 Å². The first-order chi connectivity index (χ1) is 9.69. The summed E-state index contributed by atoms with van der Waals surface area (Å²) >= 11 is 5.85. The maximum atomic E-state index is 12.3. The summed E-state index contributed by atoms with van der Waals surface area (Å²) in [7, 11) is 2.84. The van der Waals surface area contributed by atoms with Crippen LogP contribution in [0.15, 0.2) is 6.07 Å². The highest BCUT2D eigenvalue weighted by molar-refractivity contribution is 6.41. The molecule has 0 aromatic carbocycles. The fourth-order valence-corrected chi connectivity index (χ4v) is 1.79. The quantitative estimate of drug-likeness (QED) is 0.359. The molecule has 0 atom stereocenters. The van der Waals surface area contributed by atoms with Crippen molar-refractivity contribution in [3.8, 4) is 5.88 Å². The molecule has 0 bridgehead atoms. The second-order valence-corrected chi connectivity index (χ2v) is 5.63. The number of hydrogen-bond acceptors (Lipinski definition) is 6. The molecular weight excluding hydrogens is 298 g/mol. The summed E-state index contributed by atoms with van der Waals surface area (Å²) in [6.07, 6.45) is 0. The predicted molar refractivity (Wildman–Crippen MR) is 76.7 cm³/mol. The minimum atomic E-state index is -0.968. The molecule has 6 nitrogen and oxygen atoms in total. The Kier molecular flexibility index (Phi) is 5.69. The first-order valence-electron chi connectivity index (χ1n) is 6.19. The SMILES string of the molecule is COCc1c(C(=O)C(=O)OC(C)(C)C)cc(Cl)nc1OC. The van der Waals surface area contributed by atoms with Gasteiger partial charge in [0.1, 0.15) is 10.8 Å². The van der Waals surface area contributed by atoms with E-state index in [1.54, 1.807) is 20.8 Å². The first kappa shape index (κ1) is 17.4. The number of rotatable bonds is 5. The molecule has 116 valence electrons. The number of nitrogens with zero attached hydrogens (tertiary/aromatic N) is 1. The van der Waals surface area contributed by atoms with Gasteiger partial charge in [-0.3, -0.25) is 4.79 Å². The monoisotopic (exact) mass is 315 g/mol. The van der Waals surface area contributed by atoms with Crippen LogP contribution in [0.3, 0.4) is 0 Å². The van der Waals surface area contributed by atoms with Gasteiger partial charge in [0.2, 0.25) is 5.88 Å². The van der Waals surface area contributed by atoms with Crippen molar-refractivity contribution in [3.05, 3.63) is 22.3 Å². The smallest absolute Gasteiger partial charge is 0.380 e. The third-order valence-electron chi connectivity index (χ3n) is 2.37. The normalized spacial score (nSPS) is 11.1. The van der Waals surface area contributed by atoms with Crippen molar-refractivity contribution in [1.82, 2.24) is 4.98 Å². The lowest BCUT2D eigenvalue weighted by molar-refractivity contribution is -0.148. The summed E-state index contributed by atoms with van der Waals surface area (Å²) in [6, 6.07) is 1.30. The van der Waals surface area contributed by atoms with E-state index in [2.05, 4.69) is 4.98 Å². The zero-order valence-corrected chi connectivity index (χ0v) is 13.4. The molecule has 0 aliphatic rings. The average molecular weight is 316 g/mol. The number of carbonyl (C=O) groups excluding carboxylic acids is 2. The largest absolute Gasteiger partial charge is 0.481 e. The van der Waals surface area contributed by atoms with Gasteiger partial charge in [-0.15, -0.1) is 0 Å². The molecular formula is C14H18ClNO5. The molecule has 0 N–H and O–H groups in total. The molecule has 1 rings (SSSR count). The zero-order chi connectivity index (χ0) is 16.2. The van der Waals surface area contributed by atoms with Crippen LogP contribution in [0, 0.1) is 0 Å². The van der Waals surface area contributed by atoms with Gasteiger partial charge in [0.15, 0.2) is 0 Å². The number of methoxy groups -OCH3 is 2. The van der Waals surface area contributed by atoms with Crippen molar-refractivity contribution in [2.75, 3.05) is 14.2 Å². The summed E-state index contributed by atoms with van der Waals surface area (Å²) in [6.45, 7) is 5.08. The molecule has 0 saturated carbocycles. The fourth-order valence-electron chi connectivity index (χ4n) is 1.61. The lowest BCUT2D eigenvalue weighted by Crippen LogP contribution is -2.29. The molecule has 0 saturated heterocycles. The van der Waals surface area contributed by atoms with Crippen LogP contribution in [0.1, 0.15) is 36.7 Å². The average Bonchev–Trinajstić information content (AvgIpc) is 2.37. The molecule has 0 radical (unpaired) electrons. The number of ketones is 1. The van der Waals surface area contributed by atoms with E-state index in [-0.39, 0.29) is 23.2 Å². The van der Waals surface area contributed by atoms with Crippen molar-refractivity contribution in [2.24, 2.45) is 0 Å². The Hall–Kier alpha value is -1.66. The highest BCUT2D eigenvalue weighted by Gasteiger charge is 2.28. The number of Topliss-reactive ketones (excluding diaryl/α,β-unsaturated/α-hetero) is 1. The molecule has 0 amide bonds. The number of halogens is 1. The van der Waals surface area contributed by atoms with Gasteiger partial charge < -0.3 is 14.2 Å². The van der Waals surface area contributed by atoms with Gasteiger partial charge in [0.25, 0.3) is 5.78 Å². The topological polar surface area (TPSA) is 74.7 Å². The van der Waals surface area contributed by atoms with Crippen molar-refractivity contribution < 1.29 is 23.8 Å². The Morgan fingerprint density at radius 1 is 1.29 bits per heavy atom. The van der Waals surface area contributed by atoms with Crippen LogP contribution >= 0.6 is 11.6 Å². The molecule has 0 spiro atoms. The summed E-state index contributed by atoms with van der Waals surface area (Å²) in [4.78, 5) is 28.1. The van der Waals surface area contributed by atoms with Gasteiger partial charge in [-0.1, -0.05) is 11.6 Å². The molecule has 21 heavy (non-hydrogen) atoms. The summed E-state index contributed by atoms with van der Waals surface area (Å²) in [5.41, 5.74) is -0.363. The van der Waals surface area contributed by atoms with E-state index in [1.165, 1.54) is 20.3 Å². The molecule has 0 fully saturated rings. The first-order valence-corrected chi connectivity index (χ1v) is 6.57. The maximum absolute atomic E-state index is 12.3. The number of hydrogen-bond donors (Lipinski definition) is 0. The van der Waals surface area contributed by atoms with Gasteiger partial charge >= 0.3 is 5.97 Å². The zero-order valence-electron chi connectivity index (χ0n) is 12.7. The van der Waals surface area contributed by atoms with E-state index in [9.17, 15) is 9.59 Å². The van der Waals surface area contributed by atoms with Crippen LogP contribution in [0.2, 0.25) is 5.15 Å². The van der Waals surface area contributed by atoms with Crippen molar-refractivity contribution in [2.45, 2.75) is 33.0 Å². The Bertz CT molecular complexity index is 551. The lowest BCUT2D eigenvalue weighted by Gasteiger charge is -2.19. The Morgan fingerprint density at radius 3 is 2.38 bits per heavy atom. The molecule has 1 aromatic rings. The van der Waals surface area contributed by atoms with Gasteiger partial charge in [-0.2, -0.15) is 0 Å². The van der Waals surface area contributed by atoms with E-state index >= 15 is 0 Å². The standard InChI is InChI=1S/C14H18ClNO5/c1-14(2,3)21-13(18)11(17)8-6-10(15)16-12(20-5)9(8)7-19-4/h6H,7H2,1-5H3. The number of pyridine rings is 1. The highest BCUT2D eigenvalue weighted by atomic mass is 35.5.